The minimum Gasteiger partial charge on any atom is -0.357 e. The lowest BCUT2D eigenvalue weighted by atomic mass is 10.1. The molecule has 0 aromatic heterocycles. The maximum Gasteiger partial charge on any atom is 0.191 e. The van der Waals surface area contributed by atoms with Crippen LogP contribution in [0, 0.1) is 0 Å². The molecule has 1 aromatic carbocycles. The summed E-state index contributed by atoms with van der Waals surface area (Å²) < 4.78 is 0. The van der Waals surface area contributed by atoms with Crippen molar-refractivity contribution < 1.29 is 0 Å². The van der Waals surface area contributed by atoms with Crippen molar-refractivity contribution in [2.45, 2.75) is 38.1 Å². The highest BCUT2D eigenvalue weighted by molar-refractivity contribution is 14.0. The predicted octanol–water partition coefficient (Wildman–Crippen LogP) is 3.32. The van der Waals surface area contributed by atoms with Gasteiger partial charge in [-0.05, 0) is 50.7 Å². The number of nitrogens with one attached hydrogen (secondary N) is 2. The lowest BCUT2D eigenvalue weighted by Crippen LogP contribution is -2.40. The van der Waals surface area contributed by atoms with Gasteiger partial charge in [-0.15, -0.1) is 24.0 Å². The Morgan fingerprint density at radius 1 is 1.25 bits per heavy atom. The number of aliphatic imine (C=N–C) groups is 1. The van der Waals surface area contributed by atoms with Crippen molar-refractivity contribution in [2.24, 2.45) is 4.99 Å². The second-order valence-corrected chi connectivity index (χ2v) is 7.63. The molecule has 0 spiro atoms. The van der Waals surface area contributed by atoms with Crippen LogP contribution in [-0.4, -0.2) is 49.0 Å². The van der Waals surface area contributed by atoms with Crippen LogP contribution in [0.5, 0.6) is 0 Å². The minimum absolute atomic E-state index is 0. The Balaban J connectivity index is 0.00000288. The summed E-state index contributed by atoms with van der Waals surface area (Å²) in [4.78, 5) is 6.98. The van der Waals surface area contributed by atoms with E-state index in [1.807, 2.05) is 0 Å². The third kappa shape index (κ3) is 7.61. The van der Waals surface area contributed by atoms with E-state index in [0.717, 1.165) is 37.4 Å². The molecule has 0 aliphatic carbocycles. The first-order chi connectivity index (χ1) is 11.2. The van der Waals surface area contributed by atoms with E-state index >= 15 is 0 Å². The number of halogens is 1. The first-order valence-corrected chi connectivity index (χ1v) is 9.59. The average molecular weight is 462 g/mol. The minimum atomic E-state index is 0. The van der Waals surface area contributed by atoms with E-state index in [4.69, 9.17) is 4.99 Å². The molecule has 1 fully saturated rings. The molecule has 6 heteroatoms. The zero-order chi connectivity index (χ0) is 16.5. The average Bonchev–Trinajstić information content (AvgIpc) is 3.04. The van der Waals surface area contributed by atoms with Gasteiger partial charge in [0.25, 0.3) is 0 Å². The van der Waals surface area contributed by atoms with E-state index < -0.39 is 0 Å². The number of thioether (sulfide) groups is 1. The summed E-state index contributed by atoms with van der Waals surface area (Å²) in [6.07, 6.45) is 2.67. The number of nitrogens with zero attached hydrogens (tertiary/aromatic N) is 2. The van der Waals surface area contributed by atoms with Gasteiger partial charge in [-0.3, -0.25) is 0 Å². The summed E-state index contributed by atoms with van der Waals surface area (Å²) in [5.41, 5.74) is 2.65. The number of rotatable bonds is 7. The molecule has 1 aromatic rings. The van der Waals surface area contributed by atoms with Crippen LogP contribution >= 0.6 is 35.7 Å². The maximum absolute atomic E-state index is 4.78. The van der Waals surface area contributed by atoms with Gasteiger partial charge in [0.05, 0.1) is 6.54 Å². The maximum atomic E-state index is 4.78. The van der Waals surface area contributed by atoms with Crippen LogP contribution in [0.1, 0.15) is 30.9 Å². The van der Waals surface area contributed by atoms with Crippen molar-refractivity contribution in [1.82, 2.24) is 15.5 Å². The van der Waals surface area contributed by atoms with Gasteiger partial charge in [-0.25, -0.2) is 4.99 Å². The van der Waals surface area contributed by atoms with Crippen LogP contribution in [0.25, 0.3) is 0 Å². The Hall–Kier alpha value is -0.470. The van der Waals surface area contributed by atoms with Crippen molar-refractivity contribution in [3.63, 3.8) is 0 Å². The molecule has 0 radical (unpaired) electrons. The largest absolute Gasteiger partial charge is 0.357 e. The van der Waals surface area contributed by atoms with Gasteiger partial charge in [-0.2, -0.15) is 11.8 Å². The van der Waals surface area contributed by atoms with E-state index in [1.165, 1.54) is 29.7 Å². The van der Waals surface area contributed by atoms with Gasteiger partial charge in [0.1, 0.15) is 0 Å². The van der Waals surface area contributed by atoms with Crippen LogP contribution in [0.15, 0.2) is 29.3 Å². The lowest BCUT2D eigenvalue weighted by molar-refractivity contribution is 0.401. The van der Waals surface area contributed by atoms with Crippen molar-refractivity contribution in [3.8, 4) is 0 Å². The second kappa shape index (κ2) is 12.0. The number of guanidine groups is 1. The van der Waals surface area contributed by atoms with Crippen molar-refractivity contribution >= 4 is 41.7 Å². The molecule has 0 saturated carbocycles. The van der Waals surface area contributed by atoms with Crippen LogP contribution in [0.4, 0.5) is 0 Å². The molecule has 1 saturated heterocycles. The summed E-state index contributed by atoms with van der Waals surface area (Å²) in [5, 5.41) is 7.59. The summed E-state index contributed by atoms with van der Waals surface area (Å²) in [7, 11) is 4.20. The molecule has 1 heterocycles. The first kappa shape index (κ1) is 21.6. The Morgan fingerprint density at radius 3 is 2.62 bits per heavy atom. The predicted molar refractivity (Wildman–Crippen MR) is 118 cm³/mol. The van der Waals surface area contributed by atoms with Gasteiger partial charge in [0.2, 0.25) is 0 Å². The van der Waals surface area contributed by atoms with Crippen molar-refractivity contribution in [3.05, 3.63) is 35.4 Å². The highest BCUT2D eigenvalue weighted by Gasteiger charge is 2.15. The van der Waals surface area contributed by atoms with E-state index in [9.17, 15) is 0 Å². The highest BCUT2D eigenvalue weighted by atomic mass is 127. The molecule has 0 bridgehead atoms. The van der Waals surface area contributed by atoms with Gasteiger partial charge in [-0.1, -0.05) is 24.3 Å². The third-order valence-electron chi connectivity index (χ3n) is 3.88. The topological polar surface area (TPSA) is 39.7 Å². The molecule has 0 amide bonds. The van der Waals surface area contributed by atoms with E-state index in [-0.39, 0.29) is 24.0 Å². The summed E-state index contributed by atoms with van der Waals surface area (Å²) in [6, 6.07) is 8.57. The molecular formula is C18H31IN4S. The lowest BCUT2D eigenvalue weighted by Gasteiger charge is -2.16. The van der Waals surface area contributed by atoms with Crippen LogP contribution in [0.2, 0.25) is 0 Å². The molecular weight excluding hydrogens is 431 g/mol. The number of hydrogen-bond donors (Lipinski definition) is 2. The highest BCUT2D eigenvalue weighted by Crippen LogP contribution is 2.25. The standard InChI is InChI=1S/C18H30N4S.HI/c1-4-19-18(21-13-17-10-7-11-23-17)20-12-15-8-5-6-9-16(15)14-22(2)3;/h5-6,8-9,17H,4,7,10-14H2,1-3H3,(H2,19,20,21);1H. The monoisotopic (exact) mass is 462 g/mol. The third-order valence-corrected chi connectivity index (χ3v) is 5.28. The van der Waals surface area contributed by atoms with Crippen molar-refractivity contribution in [2.75, 3.05) is 32.9 Å². The van der Waals surface area contributed by atoms with E-state index in [1.54, 1.807) is 0 Å². The molecule has 24 heavy (non-hydrogen) atoms. The molecule has 2 rings (SSSR count). The zero-order valence-electron chi connectivity index (χ0n) is 15.0. The van der Waals surface area contributed by atoms with Gasteiger partial charge >= 0.3 is 0 Å². The van der Waals surface area contributed by atoms with Crippen LogP contribution < -0.4 is 10.6 Å². The van der Waals surface area contributed by atoms with Gasteiger partial charge < -0.3 is 15.5 Å². The Morgan fingerprint density at radius 2 is 2.00 bits per heavy atom. The summed E-state index contributed by atoms with van der Waals surface area (Å²) in [5.74, 6) is 2.23. The van der Waals surface area contributed by atoms with Crippen LogP contribution in [-0.2, 0) is 13.1 Å². The number of benzene rings is 1. The number of hydrogen-bond acceptors (Lipinski definition) is 3. The van der Waals surface area contributed by atoms with E-state index in [0.29, 0.717) is 0 Å². The molecule has 1 aliphatic heterocycles. The summed E-state index contributed by atoms with van der Waals surface area (Å²) in [6.45, 7) is 5.69. The molecule has 2 N–H and O–H groups in total. The van der Waals surface area contributed by atoms with Gasteiger partial charge in [0, 0.05) is 24.9 Å². The molecule has 136 valence electrons. The molecule has 1 atom stereocenters. The smallest absolute Gasteiger partial charge is 0.191 e. The fourth-order valence-electron chi connectivity index (χ4n) is 2.73. The fraction of sp³-hybridized carbons (Fsp3) is 0.611. The Bertz CT molecular complexity index is 502. The second-order valence-electron chi connectivity index (χ2n) is 6.22. The zero-order valence-corrected chi connectivity index (χ0v) is 18.2. The van der Waals surface area contributed by atoms with Crippen molar-refractivity contribution in [1.29, 1.82) is 0 Å². The Kier molecular flexibility index (Phi) is 10.8. The fourth-order valence-corrected chi connectivity index (χ4v) is 3.93. The van der Waals surface area contributed by atoms with Gasteiger partial charge in [0.15, 0.2) is 5.96 Å². The Labute approximate surface area is 168 Å². The summed E-state index contributed by atoms with van der Waals surface area (Å²) >= 11 is 2.08. The SMILES string of the molecule is CCNC(=NCc1ccccc1CN(C)C)NCC1CCCS1.I. The quantitative estimate of drug-likeness (QED) is 0.371. The molecule has 1 aliphatic rings. The molecule has 4 nitrogen and oxygen atoms in total. The van der Waals surface area contributed by atoms with E-state index in [2.05, 4.69) is 72.6 Å². The first-order valence-electron chi connectivity index (χ1n) is 8.54. The normalized spacial score (nSPS) is 17.7. The molecule has 1 unspecified atom stereocenters. The van der Waals surface area contributed by atoms with Crippen LogP contribution in [0.3, 0.4) is 0 Å².